The first-order valence-electron chi connectivity index (χ1n) is 9.39. The number of hydrogen-bond donors (Lipinski definition) is 1. The van der Waals surface area contributed by atoms with Crippen LogP contribution in [0.25, 0.3) is 0 Å². The number of methoxy groups -OCH3 is 1. The third-order valence-electron chi connectivity index (χ3n) is 5.09. The van der Waals surface area contributed by atoms with Gasteiger partial charge in [-0.05, 0) is 17.2 Å². The third-order valence-corrected chi connectivity index (χ3v) is 5.09. The number of nitrogens with zero attached hydrogens (tertiary/aromatic N) is 2. The summed E-state index contributed by atoms with van der Waals surface area (Å²) >= 11 is 0. The molecule has 3 aromatic rings. The topological polar surface area (TPSA) is 54.5 Å². The SMILES string of the molecule is COc1ccc(NC(=O)C2CN(C(c3ccccc3)c3ccccc3)C2)cn1. The van der Waals surface area contributed by atoms with E-state index in [0.29, 0.717) is 11.6 Å². The second-order valence-corrected chi connectivity index (χ2v) is 6.95. The smallest absolute Gasteiger partial charge is 0.230 e. The van der Waals surface area contributed by atoms with Gasteiger partial charge < -0.3 is 10.1 Å². The molecule has 1 saturated heterocycles. The Hall–Kier alpha value is -3.18. The van der Waals surface area contributed by atoms with Crippen LogP contribution in [-0.4, -0.2) is 36.0 Å². The van der Waals surface area contributed by atoms with E-state index in [1.165, 1.54) is 11.1 Å². The minimum atomic E-state index is -0.0305. The molecule has 0 spiro atoms. The Morgan fingerprint density at radius 1 is 1.00 bits per heavy atom. The van der Waals surface area contributed by atoms with Gasteiger partial charge in [0.1, 0.15) is 0 Å². The van der Waals surface area contributed by atoms with Crippen molar-refractivity contribution >= 4 is 11.6 Å². The number of anilines is 1. The first-order valence-corrected chi connectivity index (χ1v) is 9.39. The Balaban J connectivity index is 1.43. The maximum Gasteiger partial charge on any atom is 0.230 e. The summed E-state index contributed by atoms with van der Waals surface area (Å²) in [5, 5.41) is 2.95. The summed E-state index contributed by atoms with van der Waals surface area (Å²) in [5.74, 6) is 0.529. The summed E-state index contributed by atoms with van der Waals surface area (Å²) in [4.78, 5) is 19.1. The van der Waals surface area contributed by atoms with Crippen LogP contribution in [0.4, 0.5) is 5.69 Å². The average molecular weight is 373 g/mol. The molecule has 0 unspecified atom stereocenters. The summed E-state index contributed by atoms with van der Waals surface area (Å²) in [7, 11) is 1.57. The Labute approximate surface area is 165 Å². The molecule has 5 nitrogen and oxygen atoms in total. The van der Waals surface area contributed by atoms with Gasteiger partial charge in [-0.1, -0.05) is 60.7 Å². The third kappa shape index (κ3) is 3.89. The predicted molar refractivity (Wildman–Crippen MR) is 109 cm³/mol. The molecule has 1 aromatic heterocycles. The largest absolute Gasteiger partial charge is 0.481 e. The number of aromatic nitrogens is 1. The number of likely N-dealkylation sites (tertiary alicyclic amines) is 1. The highest BCUT2D eigenvalue weighted by molar-refractivity contribution is 5.93. The fraction of sp³-hybridized carbons (Fsp3) is 0.217. The van der Waals surface area contributed by atoms with E-state index in [0.717, 1.165) is 13.1 Å². The number of amides is 1. The number of hydrogen-bond acceptors (Lipinski definition) is 4. The maximum absolute atomic E-state index is 12.6. The van der Waals surface area contributed by atoms with Crippen LogP contribution in [0.2, 0.25) is 0 Å². The van der Waals surface area contributed by atoms with Gasteiger partial charge in [-0.3, -0.25) is 9.69 Å². The molecule has 0 aliphatic carbocycles. The van der Waals surface area contributed by atoms with Gasteiger partial charge in [0, 0.05) is 19.2 Å². The minimum Gasteiger partial charge on any atom is -0.481 e. The number of carbonyl (C=O) groups is 1. The second-order valence-electron chi connectivity index (χ2n) is 6.95. The summed E-state index contributed by atoms with van der Waals surface area (Å²) in [6.45, 7) is 1.45. The predicted octanol–water partition coefficient (Wildman–Crippen LogP) is 3.75. The number of benzene rings is 2. The van der Waals surface area contributed by atoms with Gasteiger partial charge in [-0.25, -0.2) is 4.98 Å². The Kier molecular flexibility index (Phi) is 5.35. The van der Waals surface area contributed by atoms with Crippen molar-refractivity contribution in [2.24, 2.45) is 5.92 Å². The molecule has 1 aliphatic heterocycles. The fourth-order valence-corrected chi connectivity index (χ4v) is 3.59. The highest BCUT2D eigenvalue weighted by Crippen LogP contribution is 2.34. The zero-order valence-electron chi connectivity index (χ0n) is 15.8. The second kappa shape index (κ2) is 8.23. The molecule has 0 radical (unpaired) electrons. The number of nitrogens with one attached hydrogen (secondary N) is 1. The van der Waals surface area contributed by atoms with E-state index in [-0.39, 0.29) is 17.9 Å². The summed E-state index contributed by atoms with van der Waals surface area (Å²) in [6, 6.07) is 24.6. The Morgan fingerprint density at radius 3 is 2.11 bits per heavy atom. The van der Waals surface area contributed by atoms with E-state index in [2.05, 4.69) is 63.7 Å². The minimum absolute atomic E-state index is 0.0305. The van der Waals surface area contributed by atoms with E-state index >= 15 is 0 Å². The zero-order chi connectivity index (χ0) is 19.3. The first-order chi connectivity index (χ1) is 13.7. The van der Waals surface area contributed by atoms with E-state index in [1.807, 2.05) is 12.1 Å². The molecule has 2 aromatic carbocycles. The number of rotatable bonds is 6. The van der Waals surface area contributed by atoms with Crippen molar-refractivity contribution in [3.8, 4) is 5.88 Å². The number of pyridine rings is 1. The molecule has 5 heteroatoms. The van der Waals surface area contributed by atoms with Crippen LogP contribution < -0.4 is 10.1 Å². The van der Waals surface area contributed by atoms with Crippen LogP contribution in [-0.2, 0) is 4.79 Å². The highest BCUT2D eigenvalue weighted by Gasteiger charge is 2.37. The molecule has 1 N–H and O–H groups in total. The van der Waals surface area contributed by atoms with Crippen LogP contribution in [0.5, 0.6) is 5.88 Å². The van der Waals surface area contributed by atoms with Gasteiger partial charge in [0.2, 0.25) is 11.8 Å². The lowest BCUT2D eigenvalue weighted by molar-refractivity contribution is -0.125. The van der Waals surface area contributed by atoms with Gasteiger partial charge in [-0.2, -0.15) is 0 Å². The lowest BCUT2D eigenvalue weighted by Gasteiger charge is -2.44. The van der Waals surface area contributed by atoms with E-state index in [1.54, 1.807) is 25.4 Å². The summed E-state index contributed by atoms with van der Waals surface area (Å²) in [5.41, 5.74) is 3.17. The maximum atomic E-state index is 12.6. The Morgan fingerprint density at radius 2 is 1.61 bits per heavy atom. The van der Waals surface area contributed by atoms with E-state index < -0.39 is 0 Å². The number of carbonyl (C=O) groups excluding carboxylic acids is 1. The quantitative estimate of drug-likeness (QED) is 0.715. The number of ether oxygens (including phenoxy) is 1. The molecule has 142 valence electrons. The molecule has 1 amide bonds. The summed E-state index contributed by atoms with van der Waals surface area (Å²) < 4.78 is 5.05. The van der Waals surface area contributed by atoms with Crippen molar-refractivity contribution in [3.05, 3.63) is 90.1 Å². The van der Waals surface area contributed by atoms with E-state index in [4.69, 9.17) is 4.74 Å². The average Bonchev–Trinajstić information content (AvgIpc) is 2.72. The van der Waals surface area contributed by atoms with Crippen molar-refractivity contribution < 1.29 is 9.53 Å². The molecule has 0 atom stereocenters. The van der Waals surface area contributed by atoms with Gasteiger partial charge in [0.05, 0.1) is 31.0 Å². The summed E-state index contributed by atoms with van der Waals surface area (Å²) in [6.07, 6.45) is 1.61. The van der Waals surface area contributed by atoms with Gasteiger partial charge in [0.25, 0.3) is 0 Å². The van der Waals surface area contributed by atoms with E-state index in [9.17, 15) is 4.79 Å². The standard InChI is InChI=1S/C23H23N3O2/c1-28-21-13-12-20(14-24-21)25-23(27)19-15-26(16-19)22(17-8-4-2-5-9-17)18-10-6-3-7-11-18/h2-14,19,22H,15-16H2,1H3,(H,25,27). The molecule has 2 heterocycles. The van der Waals surface area contributed by atoms with Crippen molar-refractivity contribution in [3.63, 3.8) is 0 Å². The van der Waals surface area contributed by atoms with Crippen molar-refractivity contribution in [2.75, 3.05) is 25.5 Å². The molecule has 1 aliphatic rings. The van der Waals surface area contributed by atoms with Crippen LogP contribution >= 0.6 is 0 Å². The fourth-order valence-electron chi connectivity index (χ4n) is 3.59. The van der Waals surface area contributed by atoms with Crippen molar-refractivity contribution in [1.29, 1.82) is 0 Å². The molecule has 0 saturated carbocycles. The molecular formula is C23H23N3O2. The molecule has 4 rings (SSSR count). The van der Waals surface area contributed by atoms with Crippen LogP contribution in [0, 0.1) is 5.92 Å². The first kappa shape index (κ1) is 18.2. The molecule has 0 bridgehead atoms. The molecular weight excluding hydrogens is 350 g/mol. The van der Waals surface area contributed by atoms with Crippen LogP contribution in [0.1, 0.15) is 17.2 Å². The highest BCUT2D eigenvalue weighted by atomic mass is 16.5. The van der Waals surface area contributed by atoms with Gasteiger partial charge in [0.15, 0.2) is 0 Å². The monoisotopic (exact) mass is 373 g/mol. The molecule has 1 fully saturated rings. The molecule has 28 heavy (non-hydrogen) atoms. The van der Waals surface area contributed by atoms with Crippen LogP contribution in [0.3, 0.4) is 0 Å². The van der Waals surface area contributed by atoms with Gasteiger partial charge in [-0.15, -0.1) is 0 Å². The normalized spacial score (nSPS) is 14.5. The lowest BCUT2D eigenvalue weighted by Crippen LogP contribution is -2.53. The van der Waals surface area contributed by atoms with Crippen molar-refractivity contribution in [1.82, 2.24) is 9.88 Å². The Bertz CT molecular complexity index is 868. The zero-order valence-corrected chi connectivity index (χ0v) is 15.8. The van der Waals surface area contributed by atoms with Crippen LogP contribution in [0.15, 0.2) is 79.0 Å². The van der Waals surface area contributed by atoms with Crippen molar-refractivity contribution in [2.45, 2.75) is 6.04 Å². The lowest BCUT2D eigenvalue weighted by atomic mass is 9.90. The van der Waals surface area contributed by atoms with Gasteiger partial charge >= 0.3 is 0 Å².